The van der Waals surface area contributed by atoms with Gasteiger partial charge < -0.3 is 4.90 Å². The van der Waals surface area contributed by atoms with Gasteiger partial charge in [-0.25, -0.2) is 0 Å². The third-order valence-electron chi connectivity index (χ3n) is 3.56. The Labute approximate surface area is 123 Å². The van der Waals surface area contributed by atoms with Gasteiger partial charge in [-0.2, -0.15) is 0 Å². The van der Waals surface area contributed by atoms with E-state index in [0.29, 0.717) is 16.8 Å². The van der Waals surface area contributed by atoms with E-state index < -0.39 is 0 Å². The van der Waals surface area contributed by atoms with Crippen LogP contribution in [0.25, 0.3) is 0 Å². The molecule has 2 fully saturated rings. The molecule has 1 saturated carbocycles. The maximum absolute atomic E-state index is 5.85. The van der Waals surface area contributed by atoms with E-state index in [9.17, 15) is 0 Å². The summed E-state index contributed by atoms with van der Waals surface area (Å²) in [5.41, 5.74) is 0. The first-order valence-electron chi connectivity index (χ1n) is 6.91. The molecule has 0 N–H and O–H groups in total. The summed E-state index contributed by atoms with van der Waals surface area (Å²) in [4.78, 5) is 2.38. The van der Waals surface area contributed by atoms with Crippen LogP contribution in [0.3, 0.4) is 0 Å². The third kappa shape index (κ3) is 3.08. The molecular formula is C13H19ClN4S. The summed E-state index contributed by atoms with van der Waals surface area (Å²) < 4.78 is 2.32. The fourth-order valence-corrected chi connectivity index (χ4v) is 3.39. The summed E-state index contributed by atoms with van der Waals surface area (Å²) in [6.45, 7) is 5.95. The quantitative estimate of drug-likeness (QED) is 0.780. The largest absolute Gasteiger partial charge is 0.341 e. The van der Waals surface area contributed by atoms with Crippen molar-refractivity contribution in [2.75, 3.05) is 23.7 Å². The topological polar surface area (TPSA) is 34.0 Å². The molecule has 0 atom stereocenters. The van der Waals surface area contributed by atoms with Crippen molar-refractivity contribution in [3.63, 3.8) is 0 Å². The summed E-state index contributed by atoms with van der Waals surface area (Å²) in [6, 6.07) is 0.595. The second-order valence-corrected chi connectivity index (χ2v) is 6.71. The number of piperidine rings is 1. The molecule has 19 heavy (non-hydrogen) atoms. The highest BCUT2D eigenvalue weighted by molar-refractivity contribution is 7.99. The van der Waals surface area contributed by atoms with E-state index in [0.717, 1.165) is 24.2 Å². The van der Waals surface area contributed by atoms with Crippen molar-refractivity contribution >= 4 is 29.3 Å². The van der Waals surface area contributed by atoms with Crippen molar-refractivity contribution in [1.82, 2.24) is 14.8 Å². The van der Waals surface area contributed by atoms with Gasteiger partial charge in [0.2, 0.25) is 5.95 Å². The maximum atomic E-state index is 5.85. The Kier molecular flexibility index (Phi) is 4.03. The highest BCUT2D eigenvalue weighted by Crippen LogP contribution is 2.41. The molecule has 0 aromatic carbocycles. The second-order valence-electron chi connectivity index (χ2n) is 5.24. The first kappa shape index (κ1) is 13.3. The van der Waals surface area contributed by atoms with Crippen LogP contribution in [0.15, 0.2) is 16.8 Å². The Hall–Kier alpha value is -0.680. The van der Waals surface area contributed by atoms with Gasteiger partial charge in [0.15, 0.2) is 5.16 Å². The van der Waals surface area contributed by atoms with Crippen molar-refractivity contribution < 1.29 is 0 Å². The van der Waals surface area contributed by atoms with Gasteiger partial charge in [0.05, 0.1) is 0 Å². The Morgan fingerprint density at radius 2 is 2.00 bits per heavy atom. The van der Waals surface area contributed by atoms with Gasteiger partial charge >= 0.3 is 0 Å². The minimum atomic E-state index is 0.595. The highest BCUT2D eigenvalue weighted by Gasteiger charge is 2.31. The lowest BCUT2D eigenvalue weighted by molar-refractivity contribution is 0.548. The summed E-state index contributed by atoms with van der Waals surface area (Å²) in [5, 5.41) is 10.4. The number of hydrogen-bond donors (Lipinski definition) is 0. The van der Waals surface area contributed by atoms with Crippen LogP contribution in [0.4, 0.5) is 5.95 Å². The molecule has 0 unspecified atom stereocenters. The van der Waals surface area contributed by atoms with Gasteiger partial charge in [0.1, 0.15) is 0 Å². The zero-order chi connectivity index (χ0) is 13.2. The number of hydrogen-bond acceptors (Lipinski definition) is 4. The van der Waals surface area contributed by atoms with Crippen LogP contribution in [-0.2, 0) is 0 Å². The van der Waals surface area contributed by atoms with Crippen molar-refractivity contribution in [3.8, 4) is 0 Å². The monoisotopic (exact) mass is 298 g/mol. The molecular weight excluding hydrogens is 280 g/mol. The minimum Gasteiger partial charge on any atom is -0.341 e. The van der Waals surface area contributed by atoms with Crippen molar-refractivity contribution in [2.45, 2.75) is 43.3 Å². The van der Waals surface area contributed by atoms with Gasteiger partial charge in [-0.05, 0) is 32.1 Å². The molecule has 1 aliphatic carbocycles. The molecule has 1 aromatic rings. The number of thioether (sulfide) groups is 1. The fraction of sp³-hybridized carbons (Fsp3) is 0.692. The van der Waals surface area contributed by atoms with Crippen LogP contribution in [0.2, 0.25) is 0 Å². The standard InChI is InChI=1S/C13H19ClN4S/c1-10(14)9-19-13-16-15-12(18(13)11-5-6-11)17-7-3-2-4-8-17/h11H,1-9H2. The summed E-state index contributed by atoms with van der Waals surface area (Å²) in [6.07, 6.45) is 6.35. The van der Waals surface area contributed by atoms with Crippen molar-refractivity contribution in [1.29, 1.82) is 0 Å². The van der Waals surface area contributed by atoms with Crippen LogP contribution in [0.1, 0.15) is 38.1 Å². The van der Waals surface area contributed by atoms with E-state index in [1.54, 1.807) is 11.8 Å². The van der Waals surface area contributed by atoms with Gasteiger partial charge in [-0.3, -0.25) is 4.57 Å². The van der Waals surface area contributed by atoms with Gasteiger partial charge in [-0.15, -0.1) is 10.2 Å². The van der Waals surface area contributed by atoms with Crippen LogP contribution in [0, 0.1) is 0 Å². The first-order chi connectivity index (χ1) is 9.25. The van der Waals surface area contributed by atoms with E-state index >= 15 is 0 Å². The van der Waals surface area contributed by atoms with Gasteiger partial charge in [0.25, 0.3) is 0 Å². The molecule has 1 aliphatic heterocycles. The molecule has 2 heterocycles. The smallest absolute Gasteiger partial charge is 0.228 e. The lowest BCUT2D eigenvalue weighted by Crippen LogP contribution is -2.31. The Morgan fingerprint density at radius 3 is 2.63 bits per heavy atom. The Balaban J connectivity index is 1.81. The van der Waals surface area contributed by atoms with Crippen molar-refractivity contribution in [2.24, 2.45) is 0 Å². The number of anilines is 1. The third-order valence-corrected chi connectivity index (χ3v) is 4.88. The molecule has 0 radical (unpaired) electrons. The van der Waals surface area contributed by atoms with Gasteiger partial charge in [-0.1, -0.05) is 29.9 Å². The van der Waals surface area contributed by atoms with E-state index in [1.807, 2.05) is 0 Å². The summed E-state index contributed by atoms with van der Waals surface area (Å²) in [5.74, 6) is 1.76. The molecule has 3 rings (SSSR count). The predicted octanol–water partition coefficient (Wildman–Crippen LogP) is 3.45. The molecule has 0 spiro atoms. The molecule has 0 bridgehead atoms. The zero-order valence-corrected chi connectivity index (χ0v) is 12.6. The minimum absolute atomic E-state index is 0.595. The SMILES string of the molecule is C=C(Cl)CSc1nnc(N2CCCCC2)n1C1CC1. The van der Waals surface area contributed by atoms with E-state index in [1.165, 1.54) is 32.1 Å². The molecule has 6 heteroatoms. The molecule has 1 saturated heterocycles. The number of nitrogens with zero attached hydrogens (tertiary/aromatic N) is 4. The number of halogens is 1. The predicted molar refractivity (Wildman–Crippen MR) is 80.1 cm³/mol. The van der Waals surface area contributed by atoms with Crippen LogP contribution in [0.5, 0.6) is 0 Å². The lowest BCUT2D eigenvalue weighted by atomic mass is 10.1. The van der Waals surface area contributed by atoms with Crippen LogP contribution < -0.4 is 4.90 Å². The zero-order valence-electron chi connectivity index (χ0n) is 11.0. The lowest BCUT2D eigenvalue weighted by Gasteiger charge is -2.27. The van der Waals surface area contributed by atoms with Crippen LogP contribution in [-0.4, -0.2) is 33.6 Å². The molecule has 4 nitrogen and oxygen atoms in total. The second kappa shape index (κ2) is 5.75. The highest BCUT2D eigenvalue weighted by atomic mass is 35.5. The summed E-state index contributed by atoms with van der Waals surface area (Å²) in [7, 11) is 0. The van der Waals surface area contributed by atoms with E-state index in [-0.39, 0.29) is 0 Å². The average Bonchev–Trinajstić information content (AvgIpc) is 3.17. The Morgan fingerprint density at radius 1 is 1.26 bits per heavy atom. The molecule has 2 aliphatic rings. The number of aromatic nitrogens is 3. The summed E-state index contributed by atoms with van der Waals surface area (Å²) >= 11 is 7.49. The molecule has 1 aromatic heterocycles. The average molecular weight is 299 g/mol. The number of rotatable bonds is 5. The Bertz CT molecular complexity index is 463. The van der Waals surface area contributed by atoms with Crippen molar-refractivity contribution in [3.05, 3.63) is 11.6 Å². The van der Waals surface area contributed by atoms with Crippen LogP contribution >= 0.6 is 23.4 Å². The van der Waals surface area contributed by atoms with E-state index in [4.69, 9.17) is 11.6 Å². The normalized spacial score (nSPS) is 19.7. The first-order valence-corrected chi connectivity index (χ1v) is 8.28. The fourth-order valence-electron chi connectivity index (χ4n) is 2.47. The maximum Gasteiger partial charge on any atom is 0.228 e. The molecule has 0 amide bonds. The van der Waals surface area contributed by atoms with Gasteiger partial charge in [0, 0.05) is 29.9 Å². The molecule has 104 valence electrons. The van der Waals surface area contributed by atoms with E-state index in [2.05, 4.69) is 26.2 Å².